The number of aliphatic imine (C=N–C) groups is 6. The average Bonchev–Trinajstić information content (AvgIpc) is 0.861. The Morgan fingerprint density at radius 1 is 0.185 bits per heavy atom. The number of nitrogens with zero attached hydrogens (tertiary/aromatic N) is 6. The Balaban J connectivity index is 0.000000629. The van der Waals surface area contributed by atoms with Crippen LogP contribution in [0.3, 0.4) is 0 Å². The van der Waals surface area contributed by atoms with Crippen LogP contribution in [0.5, 0.6) is 0 Å². The van der Waals surface area contributed by atoms with Crippen LogP contribution < -0.4 is 31.9 Å². The molecule has 0 saturated carbocycles. The maximum atomic E-state index is 4.68. The van der Waals surface area contributed by atoms with Crippen molar-refractivity contribution < 1.29 is 0 Å². The van der Waals surface area contributed by atoms with Crippen molar-refractivity contribution in [1.82, 2.24) is 31.9 Å². The van der Waals surface area contributed by atoms with Crippen molar-refractivity contribution in [3.05, 3.63) is 283 Å². The fourth-order valence-corrected chi connectivity index (χ4v) is 12.8. The normalized spacial score (nSPS) is 18.5. The first-order chi connectivity index (χ1) is 52.3. The summed E-state index contributed by atoms with van der Waals surface area (Å²) >= 11 is 0. The molecule has 6 heterocycles. The summed E-state index contributed by atoms with van der Waals surface area (Å²) in [6, 6.07) is 64.0. The van der Waals surface area contributed by atoms with Crippen LogP contribution >= 0.6 is 0 Å². The van der Waals surface area contributed by atoms with Crippen molar-refractivity contribution in [1.29, 1.82) is 0 Å². The van der Waals surface area contributed by atoms with E-state index >= 15 is 0 Å². The van der Waals surface area contributed by atoms with E-state index in [1.807, 2.05) is 161 Å². The van der Waals surface area contributed by atoms with E-state index in [-0.39, 0.29) is 36.3 Å². The summed E-state index contributed by atoms with van der Waals surface area (Å²) in [4.78, 5) is 28.1. The first-order valence-electron chi connectivity index (χ1n) is 40.7. The Bertz CT molecular complexity index is 3240. The van der Waals surface area contributed by atoms with E-state index in [9.17, 15) is 0 Å². The van der Waals surface area contributed by atoms with E-state index in [1.165, 1.54) is 101 Å². The molecule has 588 valence electrons. The molecule has 0 amide bonds. The second kappa shape index (κ2) is 55.1. The largest absolute Gasteiger partial charge is 0.348 e. The standard InChI is InChI=1S/6C14H18N2.6C2H6/c6*1-4-13-10(2)14(16-11(3)15-13)12-8-6-5-7-9-12;6*1-2/h6*5-9,14H,4H2,1-3H3,(H,15,16);6*1-2H3. The van der Waals surface area contributed by atoms with Gasteiger partial charge in [-0.3, -0.25) is 30.0 Å². The molecule has 12 nitrogen and oxygen atoms in total. The lowest BCUT2D eigenvalue weighted by atomic mass is 9.96. The lowest BCUT2D eigenvalue weighted by Gasteiger charge is -2.25. The van der Waals surface area contributed by atoms with Crippen molar-refractivity contribution in [3.63, 3.8) is 0 Å². The van der Waals surface area contributed by atoms with Crippen LogP contribution in [-0.4, -0.2) is 35.0 Å². The molecule has 6 aromatic rings. The highest BCUT2D eigenvalue weighted by molar-refractivity contribution is 5.86. The summed E-state index contributed by atoms with van der Waals surface area (Å²) in [5, 5.41) is 20.1. The van der Waals surface area contributed by atoms with Crippen molar-refractivity contribution in [2.24, 2.45) is 30.0 Å². The third kappa shape index (κ3) is 30.3. The van der Waals surface area contributed by atoms with Gasteiger partial charge in [-0.2, -0.15) is 0 Å². The molecule has 0 aromatic heterocycles. The minimum atomic E-state index is 0.192. The van der Waals surface area contributed by atoms with Gasteiger partial charge in [-0.05, 0) is 188 Å². The zero-order valence-electron chi connectivity index (χ0n) is 72.7. The first-order valence-corrected chi connectivity index (χ1v) is 40.7. The first kappa shape index (κ1) is 96.6. The fourth-order valence-electron chi connectivity index (χ4n) is 12.8. The number of hydrogen-bond donors (Lipinski definition) is 6. The van der Waals surface area contributed by atoms with E-state index in [4.69, 9.17) is 0 Å². The van der Waals surface area contributed by atoms with Gasteiger partial charge in [0.15, 0.2) is 0 Å². The molecule has 0 radical (unpaired) electrons. The Hall–Kier alpha value is -9.42. The molecule has 12 heteroatoms. The molecule has 6 N–H and O–H groups in total. The molecule has 0 spiro atoms. The van der Waals surface area contributed by atoms with Gasteiger partial charge in [-0.1, -0.05) is 307 Å². The number of amidine groups is 6. The second-order valence-corrected chi connectivity index (χ2v) is 25.0. The van der Waals surface area contributed by atoms with Gasteiger partial charge in [-0.15, -0.1) is 0 Å². The third-order valence-electron chi connectivity index (χ3n) is 18.1. The third-order valence-corrected chi connectivity index (χ3v) is 18.1. The number of nitrogens with one attached hydrogen (secondary N) is 6. The maximum absolute atomic E-state index is 4.68. The Labute approximate surface area is 658 Å². The van der Waals surface area contributed by atoms with Crippen LogP contribution in [0, 0.1) is 0 Å². The summed E-state index contributed by atoms with van der Waals surface area (Å²) < 4.78 is 0. The zero-order valence-corrected chi connectivity index (χ0v) is 72.7. The maximum Gasteiger partial charge on any atom is 0.0996 e. The minimum absolute atomic E-state index is 0.192. The van der Waals surface area contributed by atoms with Crippen LogP contribution in [0.25, 0.3) is 0 Å². The fraction of sp³-hybridized carbons (Fsp3) is 0.438. The summed E-state index contributed by atoms with van der Waals surface area (Å²) in [6.07, 6.45) is 6.18. The predicted molar refractivity (Wildman–Crippen MR) is 479 cm³/mol. The van der Waals surface area contributed by atoms with Crippen LogP contribution in [0.2, 0.25) is 0 Å². The molecule has 6 atom stereocenters. The molecule has 0 fully saturated rings. The van der Waals surface area contributed by atoms with Gasteiger partial charge in [0.1, 0.15) is 0 Å². The minimum Gasteiger partial charge on any atom is -0.348 e. The van der Waals surface area contributed by atoms with E-state index in [0.29, 0.717) is 0 Å². The Kier molecular flexibility index (Phi) is 49.2. The van der Waals surface area contributed by atoms with Gasteiger partial charge in [-0.25, -0.2) is 0 Å². The smallest absolute Gasteiger partial charge is 0.0996 e. The second-order valence-electron chi connectivity index (χ2n) is 25.0. The summed E-state index contributed by atoms with van der Waals surface area (Å²) in [5.74, 6) is 6.06. The van der Waals surface area contributed by atoms with E-state index < -0.39 is 0 Å². The molecule has 12 rings (SSSR count). The van der Waals surface area contributed by atoms with Gasteiger partial charge >= 0.3 is 0 Å². The Morgan fingerprint density at radius 3 is 0.380 bits per heavy atom. The highest BCUT2D eigenvalue weighted by Gasteiger charge is 2.25. The lowest BCUT2D eigenvalue weighted by Crippen LogP contribution is -2.27. The monoisotopic (exact) mass is 1470 g/mol. The van der Waals surface area contributed by atoms with Gasteiger partial charge in [0, 0.05) is 34.2 Å². The van der Waals surface area contributed by atoms with Crippen molar-refractivity contribution in [2.45, 2.75) is 282 Å². The van der Waals surface area contributed by atoms with E-state index in [2.05, 4.69) is 291 Å². The van der Waals surface area contributed by atoms with E-state index in [0.717, 1.165) is 73.5 Å². The number of benzene rings is 6. The van der Waals surface area contributed by atoms with Gasteiger partial charge in [0.2, 0.25) is 0 Å². The zero-order chi connectivity index (χ0) is 81.3. The van der Waals surface area contributed by atoms with Crippen LogP contribution in [0.4, 0.5) is 0 Å². The summed E-state index contributed by atoms with van der Waals surface area (Å²) in [6.45, 7) is 62.2. The molecular formula is C96H144N12. The van der Waals surface area contributed by atoms with E-state index in [1.54, 1.807) is 0 Å². The van der Waals surface area contributed by atoms with Crippen LogP contribution in [0.15, 0.2) is 280 Å². The summed E-state index contributed by atoms with van der Waals surface area (Å²) in [7, 11) is 0. The predicted octanol–water partition coefficient (Wildman–Crippen LogP) is 26.8. The van der Waals surface area contributed by atoms with Gasteiger partial charge < -0.3 is 31.9 Å². The van der Waals surface area contributed by atoms with Crippen LogP contribution in [0.1, 0.15) is 316 Å². The number of hydrogen-bond acceptors (Lipinski definition) is 12. The molecule has 6 aliphatic heterocycles. The highest BCUT2D eigenvalue weighted by atomic mass is 15.1. The molecule has 108 heavy (non-hydrogen) atoms. The lowest BCUT2D eigenvalue weighted by molar-refractivity contribution is 0.757. The average molecular weight is 1470 g/mol. The molecule has 6 unspecified atom stereocenters. The topological polar surface area (TPSA) is 146 Å². The van der Waals surface area contributed by atoms with Crippen LogP contribution in [-0.2, 0) is 0 Å². The van der Waals surface area contributed by atoms with Crippen molar-refractivity contribution in [2.75, 3.05) is 0 Å². The van der Waals surface area contributed by atoms with Gasteiger partial charge in [0.05, 0.1) is 71.3 Å². The number of allylic oxidation sites excluding steroid dienone is 6. The molecule has 6 aliphatic rings. The molecular weight excluding hydrogens is 1320 g/mol. The van der Waals surface area contributed by atoms with Gasteiger partial charge in [0.25, 0.3) is 0 Å². The van der Waals surface area contributed by atoms with Crippen molar-refractivity contribution in [3.8, 4) is 0 Å². The molecule has 0 bridgehead atoms. The summed E-state index contributed by atoms with van der Waals surface area (Å²) in [5.41, 5.74) is 23.5. The molecule has 0 saturated heterocycles. The van der Waals surface area contributed by atoms with Crippen molar-refractivity contribution >= 4 is 35.0 Å². The Morgan fingerprint density at radius 2 is 0.287 bits per heavy atom. The SMILES string of the molecule is CC.CC.CC.CC.CC.CC.CCC1=C(C)C(c2ccccc2)N=C(C)N1.CCC1=C(C)C(c2ccccc2)N=C(C)N1.CCC1=C(C)C(c2ccccc2)N=C(C)N1.CCC1=C(C)C(c2ccccc2)N=C(C)N1.CCC1=C(C)C(c2ccccc2)N=C(C)N1.CCC1=C(C)C(c2ccccc2)N=C(C)N1. The molecule has 0 aliphatic carbocycles. The highest BCUT2D eigenvalue weighted by Crippen LogP contribution is 2.36. The quantitative estimate of drug-likeness (QED) is 0.0719. The molecule has 6 aromatic carbocycles. The number of rotatable bonds is 12.